The third-order valence-corrected chi connectivity index (χ3v) is 6.96. The van der Waals surface area contributed by atoms with Crippen molar-refractivity contribution in [3.63, 3.8) is 0 Å². The number of aryl methyl sites for hydroxylation is 3. The monoisotopic (exact) mass is 434 g/mol. The molecule has 0 aliphatic carbocycles. The number of nitrogens with one attached hydrogen (secondary N) is 1. The second-order valence-corrected chi connectivity index (χ2v) is 10.2. The van der Waals surface area contributed by atoms with E-state index in [4.69, 9.17) is 0 Å². The Balaban J connectivity index is 2.07. The standard InChI is InChI=1S/C22H30N2O3S2/c1-6-21(22(25)23-13-14-28-20-11-7-16(2)8-12-20)24(29(5,26)27)19-10-9-17(3)18(4)15-19/h7-12,15,21H,6,13-14H2,1-5H3,(H,23,25)/t21-/m1/s1. The maximum Gasteiger partial charge on any atom is 0.243 e. The first-order valence-corrected chi connectivity index (χ1v) is 12.5. The number of sulfonamides is 1. The highest BCUT2D eigenvalue weighted by Crippen LogP contribution is 2.25. The predicted octanol–water partition coefficient (Wildman–Crippen LogP) is 4.06. The van der Waals surface area contributed by atoms with E-state index in [1.165, 1.54) is 9.87 Å². The quantitative estimate of drug-likeness (QED) is 0.477. The van der Waals surface area contributed by atoms with Crippen LogP contribution >= 0.6 is 11.8 Å². The molecule has 0 bridgehead atoms. The van der Waals surface area contributed by atoms with Crippen LogP contribution in [0.2, 0.25) is 0 Å². The van der Waals surface area contributed by atoms with Gasteiger partial charge in [-0.2, -0.15) is 0 Å². The van der Waals surface area contributed by atoms with Gasteiger partial charge in [-0.25, -0.2) is 8.42 Å². The summed E-state index contributed by atoms with van der Waals surface area (Å²) in [6, 6.07) is 12.9. The van der Waals surface area contributed by atoms with Crippen molar-refractivity contribution in [2.24, 2.45) is 0 Å². The summed E-state index contributed by atoms with van der Waals surface area (Å²) in [5.74, 6) is 0.439. The molecule has 2 aromatic rings. The molecule has 0 unspecified atom stereocenters. The molecule has 158 valence electrons. The lowest BCUT2D eigenvalue weighted by atomic mass is 10.1. The molecule has 0 aliphatic heterocycles. The van der Waals surface area contributed by atoms with Crippen molar-refractivity contribution in [1.82, 2.24) is 5.32 Å². The number of amides is 1. The molecule has 2 rings (SSSR count). The summed E-state index contributed by atoms with van der Waals surface area (Å²) < 4.78 is 26.3. The zero-order valence-electron chi connectivity index (χ0n) is 17.7. The summed E-state index contributed by atoms with van der Waals surface area (Å²) in [5, 5.41) is 2.90. The SMILES string of the molecule is CC[C@H](C(=O)NCCSc1ccc(C)cc1)N(c1ccc(C)c(C)c1)S(C)(=O)=O. The number of carbonyl (C=O) groups excluding carboxylic acids is 1. The Morgan fingerprint density at radius 1 is 1.07 bits per heavy atom. The molecule has 0 aromatic heterocycles. The fraction of sp³-hybridized carbons (Fsp3) is 0.409. The molecule has 0 radical (unpaired) electrons. The highest BCUT2D eigenvalue weighted by molar-refractivity contribution is 7.99. The van der Waals surface area contributed by atoms with Crippen LogP contribution in [0.5, 0.6) is 0 Å². The van der Waals surface area contributed by atoms with Gasteiger partial charge < -0.3 is 5.32 Å². The molecule has 5 nitrogen and oxygen atoms in total. The van der Waals surface area contributed by atoms with Gasteiger partial charge in [0.2, 0.25) is 15.9 Å². The first-order valence-electron chi connectivity index (χ1n) is 9.67. The van der Waals surface area contributed by atoms with Crippen LogP contribution in [-0.2, 0) is 14.8 Å². The zero-order valence-corrected chi connectivity index (χ0v) is 19.4. The van der Waals surface area contributed by atoms with Crippen molar-refractivity contribution < 1.29 is 13.2 Å². The number of thioether (sulfide) groups is 1. The Kier molecular flexibility index (Phi) is 8.16. The lowest BCUT2D eigenvalue weighted by Crippen LogP contribution is -2.49. The molecule has 1 N–H and O–H groups in total. The molecule has 7 heteroatoms. The van der Waals surface area contributed by atoms with Crippen LogP contribution in [0.4, 0.5) is 5.69 Å². The lowest BCUT2D eigenvalue weighted by Gasteiger charge is -2.30. The first-order chi connectivity index (χ1) is 13.6. The number of benzene rings is 2. The van der Waals surface area contributed by atoms with Crippen LogP contribution in [-0.4, -0.2) is 38.9 Å². The molecule has 0 saturated carbocycles. The van der Waals surface area contributed by atoms with E-state index >= 15 is 0 Å². The average molecular weight is 435 g/mol. The molecule has 0 spiro atoms. The lowest BCUT2D eigenvalue weighted by molar-refractivity contribution is -0.122. The predicted molar refractivity (Wildman–Crippen MR) is 122 cm³/mol. The molecular weight excluding hydrogens is 404 g/mol. The van der Waals surface area contributed by atoms with Gasteiger partial charge in [-0.05, 0) is 62.6 Å². The number of anilines is 1. The van der Waals surface area contributed by atoms with E-state index in [0.29, 0.717) is 24.4 Å². The summed E-state index contributed by atoms with van der Waals surface area (Å²) in [7, 11) is -3.61. The maximum absolute atomic E-state index is 12.8. The van der Waals surface area contributed by atoms with Gasteiger partial charge in [0.05, 0.1) is 11.9 Å². The number of carbonyl (C=O) groups is 1. The second-order valence-electron chi connectivity index (χ2n) is 7.20. The number of hydrogen-bond acceptors (Lipinski definition) is 4. The van der Waals surface area contributed by atoms with Gasteiger partial charge in [0.1, 0.15) is 6.04 Å². The molecule has 2 aromatic carbocycles. The van der Waals surface area contributed by atoms with E-state index in [-0.39, 0.29) is 5.91 Å². The second kappa shape index (κ2) is 10.2. The fourth-order valence-electron chi connectivity index (χ4n) is 3.02. The molecule has 1 atom stereocenters. The smallest absolute Gasteiger partial charge is 0.243 e. The Labute approximate surface area is 178 Å². The topological polar surface area (TPSA) is 66.5 Å². The van der Waals surface area contributed by atoms with E-state index < -0.39 is 16.1 Å². The number of rotatable bonds is 9. The molecule has 0 saturated heterocycles. The first kappa shape index (κ1) is 23.3. The number of hydrogen-bond donors (Lipinski definition) is 1. The van der Waals surface area contributed by atoms with Gasteiger partial charge in [0, 0.05) is 17.2 Å². The highest BCUT2D eigenvalue weighted by atomic mass is 32.2. The molecule has 0 heterocycles. The van der Waals surface area contributed by atoms with Crippen molar-refractivity contribution in [3.8, 4) is 0 Å². The van der Waals surface area contributed by atoms with E-state index in [9.17, 15) is 13.2 Å². The third kappa shape index (κ3) is 6.51. The van der Waals surface area contributed by atoms with Crippen LogP contribution in [0.25, 0.3) is 0 Å². The van der Waals surface area contributed by atoms with E-state index in [1.807, 2.05) is 39.8 Å². The Bertz CT molecular complexity index is 941. The van der Waals surface area contributed by atoms with Crippen molar-refractivity contribution >= 4 is 33.4 Å². The highest BCUT2D eigenvalue weighted by Gasteiger charge is 2.31. The van der Waals surface area contributed by atoms with Crippen molar-refractivity contribution in [2.75, 3.05) is 22.9 Å². The average Bonchev–Trinajstić information content (AvgIpc) is 2.66. The van der Waals surface area contributed by atoms with E-state index in [0.717, 1.165) is 22.3 Å². The Hall–Kier alpha value is -1.99. The summed E-state index contributed by atoms with van der Waals surface area (Å²) >= 11 is 1.66. The summed E-state index contributed by atoms with van der Waals surface area (Å²) in [6.45, 7) is 8.24. The zero-order chi connectivity index (χ0) is 21.6. The minimum absolute atomic E-state index is 0.277. The van der Waals surface area contributed by atoms with E-state index in [1.54, 1.807) is 17.8 Å². The summed E-state index contributed by atoms with van der Waals surface area (Å²) in [4.78, 5) is 14.0. The van der Waals surface area contributed by atoms with Crippen molar-refractivity contribution in [2.45, 2.75) is 45.1 Å². The van der Waals surface area contributed by atoms with Gasteiger partial charge >= 0.3 is 0 Å². The van der Waals surface area contributed by atoms with Crippen LogP contribution in [0.1, 0.15) is 30.0 Å². The van der Waals surface area contributed by atoms with Crippen LogP contribution in [0.3, 0.4) is 0 Å². The summed E-state index contributed by atoms with van der Waals surface area (Å²) in [6.07, 6.45) is 1.53. The van der Waals surface area contributed by atoms with Crippen LogP contribution < -0.4 is 9.62 Å². The van der Waals surface area contributed by atoms with Crippen molar-refractivity contribution in [1.29, 1.82) is 0 Å². The Morgan fingerprint density at radius 3 is 2.28 bits per heavy atom. The van der Waals surface area contributed by atoms with Crippen LogP contribution in [0, 0.1) is 20.8 Å². The van der Waals surface area contributed by atoms with Gasteiger partial charge in [0.15, 0.2) is 0 Å². The third-order valence-electron chi connectivity index (χ3n) is 4.77. The number of nitrogens with zero attached hydrogens (tertiary/aromatic N) is 1. The summed E-state index contributed by atoms with van der Waals surface area (Å²) in [5.41, 5.74) is 3.79. The normalized spacial score (nSPS) is 12.4. The largest absolute Gasteiger partial charge is 0.353 e. The molecular formula is C22H30N2O3S2. The molecule has 1 amide bonds. The van der Waals surface area contributed by atoms with Gasteiger partial charge in [-0.3, -0.25) is 9.10 Å². The molecule has 29 heavy (non-hydrogen) atoms. The minimum Gasteiger partial charge on any atom is -0.353 e. The van der Waals surface area contributed by atoms with Crippen molar-refractivity contribution in [3.05, 3.63) is 59.2 Å². The molecule has 0 fully saturated rings. The van der Waals surface area contributed by atoms with Crippen LogP contribution in [0.15, 0.2) is 47.4 Å². The van der Waals surface area contributed by atoms with E-state index in [2.05, 4.69) is 29.6 Å². The minimum atomic E-state index is -3.61. The van der Waals surface area contributed by atoms with Gasteiger partial charge in [-0.1, -0.05) is 30.7 Å². The van der Waals surface area contributed by atoms with Gasteiger partial charge in [-0.15, -0.1) is 11.8 Å². The van der Waals surface area contributed by atoms with Gasteiger partial charge in [0.25, 0.3) is 0 Å². The maximum atomic E-state index is 12.8. The Morgan fingerprint density at radius 2 is 1.72 bits per heavy atom. The molecule has 0 aliphatic rings. The fourth-order valence-corrected chi connectivity index (χ4v) is 4.99.